The van der Waals surface area contributed by atoms with Gasteiger partial charge in [-0.3, -0.25) is 24.3 Å². The SMILES string of the molecule is Nc1c2c(cc(=O)n1-c1cccc(-c3cn4cc(I)ccc4n3)c1)C(=O)NC2=O. The number of nitrogen functional groups attached to an aromatic ring is 1. The topological polar surface area (TPSA) is 111 Å². The van der Waals surface area contributed by atoms with E-state index in [2.05, 4.69) is 32.9 Å². The molecule has 4 aromatic rings. The minimum Gasteiger partial charge on any atom is -0.384 e. The van der Waals surface area contributed by atoms with Gasteiger partial charge in [-0.1, -0.05) is 12.1 Å². The molecule has 0 fully saturated rings. The minimum atomic E-state index is -0.617. The number of hydrogen-bond donors (Lipinski definition) is 2. The van der Waals surface area contributed by atoms with Gasteiger partial charge in [-0.25, -0.2) is 4.98 Å². The van der Waals surface area contributed by atoms with Crippen LogP contribution in [0.5, 0.6) is 0 Å². The molecule has 1 aromatic carbocycles. The lowest BCUT2D eigenvalue weighted by atomic mass is 10.1. The number of rotatable bonds is 2. The molecule has 3 N–H and O–H groups in total. The van der Waals surface area contributed by atoms with Gasteiger partial charge in [-0.15, -0.1) is 0 Å². The number of nitrogens with zero attached hydrogens (tertiary/aromatic N) is 3. The fourth-order valence-electron chi connectivity index (χ4n) is 3.45. The normalized spacial score (nSPS) is 13.0. The molecule has 9 heteroatoms. The number of benzene rings is 1. The number of imidazole rings is 1. The molecular formula is C20H12IN5O3. The highest BCUT2D eigenvalue weighted by atomic mass is 127. The quantitative estimate of drug-likeness (QED) is 0.326. The zero-order valence-corrected chi connectivity index (χ0v) is 16.9. The van der Waals surface area contributed by atoms with E-state index in [1.807, 2.05) is 35.0 Å². The average Bonchev–Trinajstić information content (AvgIpc) is 3.22. The second-order valence-electron chi connectivity index (χ2n) is 6.56. The van der Waals surface area contributed by atoms with Gasteiger partial charge in [0.2, 0.25) is 0 Å². The average molecular weight is 497 g/mol. The number of imide groups is 1. The van der Waals surface area contributed by atoms with E-state index in [9.17, 15) is 14.4 Å². The Morgan fingerprint density at radius 1 is 1.00 bits per heavy atom. The highest BCUT2D eigenvalue weighted by molar-refractivity contribution is 14.1. The van der Waals surface area contributed by atoms with Crippen molar-refractivity contribution in [2.75, 3.05) is 5.73 Å². The van der Waals surface area contributed by atoms with E-state index >= 15 is 0 Å². The van der Waals surface area contributed by atoms with Gasteiger partial charge < -0.3 is 10.1 Å². The van der Waals surface area contributed by atoms with Gasteiger partial charge in [0, 0.05) is 27.6 Å². The smallest absolute Gasteiger partial charge is 0.262 e. The van der Waals surface area contributed by atoms with Crippen LogP contribution in [0.25, 0.3) is 22.6 Å². The molecule has 2 amide bonds. The van der Waals surface area contributed by atoms with Gasteiger partial charge in [-0.05, 0) is 46.9 Å². The number of carbonyl (C=O) groups is 2. The Hall–Kier alpha value is -3.47. The second kappa shape index (κ2) is 6.27. The lowest BCUT2D eigenvalue weighted by molar-refractivity contribution is 0.0880. The van der Waals surface area contributed by atoms with E-state index in [1.165, 1.54) is 4.57 Å². The van der Waals surface area contributed by atoms with Gasteiger partial charge in [-0.2, -0.15) is 0 Å². The molecule has 0 atom stereocenters. The lowest BCUT2D eigenvalue weighted by Gasteiger charge is -2.12. The van der Waals surface area contributed by atoms with Crippen molar-refractivity contribution in [1.82, 2.24) is 19.3 Å². The second-order valence-corrected chi connectivity index (χ2v) is 7.81. The highest BCUT2D eigenvalue weighted by Crippen LogP contribution is 2.26. The Morgan fingerprint density at radius 3 is 2.66 bits per heavy atom. The maximum absolute atomic E-state index is 12.6. The maximum Gasteiger partial charge on any atom is 0.262 e. The number of carbonyl (C=O) groups excluding carboxylic acids is 2. The third-order valence-corrected chi connectivity index (χ3v) is 5.41. The van der Waals surface area contributed by atoms with Crippen molar-refractivity contribution in [2.24, 2.45) is 0 Å². The van der Waals surface area contributed by atoms with E-state index in [0.717, 1.165) is 26.5 Å². The number of hydrogen-bond acceptors (Lipinski definition) is 5. The fraction of sp³-hybridized carbons (Fsp3) is 0. The van der Waals surface area contributed by atoms with Crippen molar-refractivity contribution < 1.29 is 9.59 Å². The highest BCUT2D eigenvalue weighted by Gasteiger charge is 2.31. The Morgan fingerprint density at radius 2 is 1.83 bits per heavy atom. The number of amides is 2. The van der Waals surface area contributed by atoms with E-state index in [4.69, 9.17) is 5.73 Å². The first-order chi connectivity index (χ1) is 13.9. The van der Waals surface area contributed by atoms with Crippen LogP contribution < -0.4 is 16.6 Å². The largest absolute Gasteiger partial charge is 0.384 e. The Balaban J connectivity index is 1.67. The fourth-order valence-corrected chi connectivity index (χ4v) is 3.93. The molecule has 0 unspecified atom stereocenters. The first-order valence-corrected chi connectivity index (χ1v) is 9.66. The van der Waals surface area contributed by atoms with E-state index in [0.29, 0.717) is 5.69 Å². The third-order valence-electron chi connectivity index (χ3n) is 4.77. The molecule has 0 saturated heterocycles. The summed E-state index contributed by atoms with van der Waals surface area (Å²) in [6.45, 7) is 0. The summed E-state index contributed by atoms with van der Waals surface area (Å²) in [6, 6.07) is 12.2. The van der Waals surface area contributed by atoms with Gasteiger partial charge in [0.15, 0.2) is 0 Å². The molecule has 8 nitrogen and oxygen atoms in total. The monoisotopic (exact) mass is 497 g/mol. The van der Waals surface area contributed by atoms with Crippen molar-refractivity contribution >= 4 is 45.9 Å². The third kappa shape index (κ3) is 2.73. The minimum absolute atomic E-state index is 0.000131. The van der Waals surface area contributed by atoms with Crippen LogP contribution >= 0.6 is 22.6 Å². The van der Waals surface area contributed by atoms with Crippen molar-refractivity contribution in [3.63, 3.8) is 0 Å². The van der Waals surface area contributed by atoms with Crippen molar-refractivity contribution in [3.8, 4) is 16.9 Å². The number of pyridine rings is 2. The number of fused-ring (bicyclic) bond motifs is 2. The summed E-state index contributed by atoms with van der Waals surface area (Å²) in [6.07, 6.45) is 3.87. The van der Waals surface area contributed by atoms with Crippen LogP contribution in [0.15, 0.2) is 59.7 Å². The summed E-state index contributed by atoms with van der Waals surface area (Å²) >= 11 is 2.23. The van der Waals surface area contributed by atoms with Crippen molar-refractivity contribution in [2.45, 2.75) is 0 Å². The molecule has 142 valence electrons. The molecule has 29 heavy (non-hydrogen) atoms. The van der Waals surface area contributed by atoms with E-state index in [1.54, 1.807) is 18.2 Å². The van der Waals surface area contributed by atoms with Gasteiger partial charge in [0.05, 0.1) is 22.5 Å². The molecule has 0 radical (unpaired) electrons. The van der Waals surface area contributed by atoms with Crippen molar-refractivity contribution in [1.29, 1.82) is 0 Å². The van der Waals surface area contributed by atoms with Crippen LogP contribution in [0.1, 0.15) is 20.7 Å². The molecular weight excluding hydrogens is 485 g/mol. The Kier molecular flexibility index (Phi) is 3.81. The standard InChI is InChI=1S/C20H12IN5O3/c21-11-4-5-15-23-14(9-25(15)8-11)10-2-1-3-12(6-10)26-16(27)7-13-17(18(26)22)20(29)24-19(13)28/h1-9H,22H2,(H,24,28,29). The lowest BCUT2D eigenvalue weighted by Crippen LogP contribution is -2.24. The predicted octanol–water partition coefficient (Wildman–Crippen LogP) is 2.22. The molecule has 1 aliphatic heterocycles. The van der Waals surface area contributed by atoms with E-state index < -0.39 is 17.4 Å². The first-order valence-electron chi connectivity index (χ1n) is 8.58. The molecule has 3 aromatic heterocycles. The summed E-state index contributed by atoms with van der Waals surface area (Å²) in [5.41, 5.74) is 8.44. The number of nitrogens with one attached hydrogen (secondary N) is 1. The Labute approximate surface area is 177 Å². The number of anilines is 1. The zero-order chi connectivity index (χ0) is 20.3. The van der Waals surface area contributed by atoms with E-state index in [-0.39, 0.29) is 16.9 Å². The maximum atomic E-state index is 12.6. The van der Waals surface area contributed by atoms with Gasteiger partial charge in [0.25, 0.3) is 17.4 Å². The molecule has 0 aliphatic carbocycles. The number of halogens is 1. The summed E-state index contributed by atoms with van der Waals surface area (Å²) in [4.78, 5) is 41.2. The van der Waals surface area contributed by atoms with Crippen LogP contribution in [-0.4, -0.2) is 25.8 Å². The zero-order valence-electron chi connectivity index (χ0n) is 14.7. The van der Waals surface area contributed by atoms with Gasteiger partial charge >= 0.3 is 0 Å². The summed E-state index contributed by atoms with van der Waals surface area (Å²) in [5, 5.41) is 2.16. The molecule has 1 aliphatic rings. The van der Waals surface area contributed by atoms with Crippen LogP contribution in [0.3, 0.4) is 0 Å². The summed E-state index contributed by atoms with van der Waals surface area (Å²) < 4.78 is 4.23. The Bertz CT molecular complexity index is 1420. The molecule has 0 bridgehead atoms. The van der Waals surface area contributed by atoms with Crippen molar-refractivity contribution in [3.05, 3.63) is 79.9 Å². The molecule has 4 heterocycles. The summed E-state index contributed by atoms with van der Waals surface area (Å²) in [5.74, 6) is -1.30. The molecule has 0 saturated carbocycles. The summed E-state index contributed by atoms with van der Waals surface area (Å²) in [7, 11) is 0. The first kappa shape index (κ1) is 17.6. The van der Waals surface area contributed by atoms with Gasteiger partial charge in [0.1, 0.15) is 11.5 Å². The van der Waals surface area contributed by atoms with Crippen LogP contribution in [0.2, 0.25) is 0 Å². The van der Waals surface area contributed by atoms with Crippen LogP contribution in [-0.2, 0) is 0 Å². The number of nitrogens with two attached hydrogens (primary N) is 1. The molecule has 5 rings (SSSR count). The van der Waals surface area contributed by atoms with Crippen LogP contribution in [0, 0.1) is 3.57 Å². The van der Waals surface area contributed by atoms with Crippen LogP contribution in [0.4, 0.5) is 5.82 Å². The number of aromatic nitrogens is 3. The predicted molar refractivity (Wildman–Crippen MR) is 115 cm³/mol. The molecule has 0 spiro atoms.